The second kappa shape index (κ2) is 9.46. The van der Waals surface area contributed by atoms with Gasteiger partial charge in [-0.2, -0.15) is 0 Å². The topological polar surface area (TPSA) is 82.8 Å². The first-order chi connectivity index (χ1) is 11.1. The Morgan fingerprint density at radius 2 is 2.00 bits per heavy atom. The molecule has 0 unspecified atom stereocenters. The van der Waals surface area contributed by atoms with Crippen molar-refractivity contribution in [1.82, 2.24) is 5.32 Å². The second-order valence-electron chi connectivity index (χ2n) is 5.59. The zero-order valence-electron chi connectivity index (χ0n) is 13.9. The molecule has 1 heterocycles. The summed E-state index contributed by atoms with van der Waals surface area (Å²) < 4.78 is 16.7. The molecule has 2 rings (SSSR count). The number of halogens is 2. The molecule has 0 spiro atoms. The van der Waals surface area contributed by atoms with Crippen molar-refractivity contribution in [2.24, 2.45) is 11.1 Å². The highest BCUT2D eigenvalue weighted by Crippen LogP contribution is 2.36. The lowest BCUT2D eigenvalue weighted by Gasteiger charge is -2.34. The largest absolute Gasteiger partial charge is 0.493 e. The Morgan fingerprint density at radius 3 is 2.54 bits per heavy atom. The van der Waals surface area contributed by atoms with E-state index in [9.17, 15) is 4.79 Å². The number of carbonyl (C=O) groups excluding carboxylic acids is 1. The number of amides is 1. The minimum atomic E-state index is -0.522. The van der Waals surface area contributed by atoms with E-state index in [1.54, 1.807) is 14.2 Å². The van der Waals surface area contributed by atoms with E-state index in [0.29, 0.717) is 50.6 Å². The third kappa shape index (κ3) is 4.53. The van der Waals surface area contributed by atoms with Crippen molar-refractivity contribution in [2.45, 2.75) is 19.4 Å². The number of carbonyl (C=O) groups is 1. The normalized spacial score (nSPS) is 16.0. The first-order valence-electron chi connectivity index (χ1n) is 7.53. The summed E-state index contributed by atoms with van der Waals surface area (Å²) in [6.45, 7) is 1.89. The molecule has 136 valence electrons. The standard InChI is InChI=1S/C16H23BrN2O4.ClH/c1-21-13-8-11(7-12(17)14(13)22-2)9-19-15(20)16(10-18)3-5-23-6-4-16;/h7-8H,3-6,9-10,18H2,1-2H3,(H,19,20);1H. The molecule has 1 aromatic carbocycles. The van der Waals surface area contributed by atoms with Crippen LogP contribution in [0.1, 0.15) is 18.4 Å². The predicted molar refractivity (Wildman–Crippen MR) is 97.9 cm³/mol. The number of hydrogen-bond donors (Lipinski definition) is 2. The van der Waals surface area contributed by atoms with Gasteiger partial charge in [0.05, 0.1) is 24.1 Å². The number of nitrogens with two attached hydrogens (primary N) is 1. The molecule has 1 saturated heterocycles. The van der Waals surface area contributed by atoms with Crippen molar-refractivity contribution < 1.29 is 19.0 Å². The fourth-order valence-corrected chi connectivity index (χ4v) is 3.38. The minimum Gasteiger partial charge on any atom is -0.493 e. The number of benzene rings is 1. The average molecular weight is 424 g/mol. The van der Waals surface area contributed by atoms with E-state index in [0.717, 1.165) is 10.0 Å². The molecular formula is C16H24BrClN2O4. The van der Waals surface area contributed by atoms with Crippen LogP contribution in [0.25, 0.3) is 0 Å². The molecule has 8 heteroatoms. The molecule has 1 amide bonds. The maximum absolute atomic E-state index is 12.6. The summed E-state index contributed by atoms with van der Waals surface area (Å²) in [5, 5.41) is 2.98. The van der Waals surface area contributed by atoms with Crippen molar-refractivity contribution in [3.8, 4) is 11.5 Å². The van der Waals surface area contributed by atoms with Crippen LogP contribution < -0.4 is 20.5 Å². The van der Waals surface area contributed by atoms with Crippen LogP contribution >= 0.6 is 28.3 Å². The summed E-state index contributed by atoms with van der Waals surface area (Å²) in [5.74, 6) is 1.23. The quantitative estimate of drug-likeness (QED) is 0.733. The van der Waals surface area contributed by atoms with Gasteiger partial charge in [-0.1, -0.05) is 0 Å². The number of nitrogens with one attached hydrogen (secondary N) is 1. The van der Waals surface area contributed by atoms with Gasteiger partial charge in [-0.3, -0.25) is 4.79 Å². The molecule has 1 aliphatic rings. The average Bonchev–Trinajstić information content (AvgIpc) is 2.59. The van der Waals surface area contributed by atoms with E-state index in [-0.39, 0.29) is 18.3 Å². The van der Waals surface area contributed by atoms with Gasteiger partial charge >= 0.3 is 0 Å². The van der Waals surface area contributed by atoms with Crippen LogP contribution in [-0.2, 0) is 16.1 Å². The summed E-state index contributed by atoms with van der Waals surface area (Å²) in [4.78, 5) is 12.6. The van der Waals surface area contributed by atoms with Crippen LogP contribution in [0.15, 0.2) is 16.6 Å². The second-order valence-corrected chi connectivity index (χ2v) is 6.45. The van der Waals surface area contributed by atoms with Gasteiger partial charge in [-0.25, -0.2) is 0 Å². The molecule has 0 aromatic heterocycles. The molecule has 1 aliphatic heterocycles. The molecule has 1 fully saturated rings. The summed E-state index contributed by atoms with van der Waals surface area (Å²) in [7, 11) is 3.16. The van der Waals surface area contributed by atoms with Crippen LogP contribution in [0, 0.1) is 5.41 Å². The first-order valence-corrected chi connectivity index (χ1v) is 8.32. The Labute approximate surface area is 156 Å². The van der Waals surface area contributed by atoms with Gasteiger partial charge in [0.1, 0.15) is 0 Å². The van der Waals surface area contributed by atoms with E-state index in [2.05, 4.69) is 21.2 Å². The van der Waals surface area contributed by atoms with Crippen molar-refractivity contribution in [3.63, 3.8) is 0 Å². The highest BCUT2D eigenvalue weighted by atomic mass is 79.9. The van der Waals surface area contributed by atoms with Crippen LogP contribution in [0.2, 0.25) is 0 Å². The number of rotatable bonds is 6. The molecule has 0 bridgehead atoms. The minimum absolute atomic E-state index is 0. The van der Waals surface area contributed by atoms with E-state index in [1.165, 1.54) is 0 Å². The molecule has 6 nitrogen and oxygen atoms in total. The van der Waals surface area contributed by atoms with Gasteiger partial charge in [-0.05, 0) is 46.5 Å². The van der Waals surface area contributed by atoms with Crippen LogP contribution in [0.4, 0.5) is 0 Å². The maximum Gasteiger partial charge on any atom is 0.227 e. The fourth-order valence-electron chi connectivity index (χ4n) is 2.73. The Morgan fingerprint density at radius 1 is 1.33 bits per heavy atom. The summed E-state index contributed by atoms with van der Waals surface area (Å²) in [5.41, 5.74) is 6.25. The molecule has 0 aliphatic carbocycles. The zero-order chi connectivity index (χ0) is 16.9. The lowest BCUT2D eigenvalue weighted by atomic mass is 9.79. The Bertz CT molecular complexity index is 565. The van der Waals surface area contributed by atoms with Crippen molar-refractivity contribution in [1.29, 1.82) is 0 Å². The monoisotopic (exact) mass is 422 g/mol. The lowest BCUT2D eigenvalue weighted by Crippen LogP contribution is -2.48. The SMILES string of the molecule is COc1cc(CNC(=O)C2(CN)CCOCC2)cc(Br)c1OC.Cl. The number of hydrogen-bond acceptors (Lipinski definition) is 5. The van der Waals surface area contributed by atoms with Gasteiger partial charge in [0.25, 0.3) is 0 Å². The number of methoxy groups -OCH3 is 2. The van der Waals surface area contributed by atoms with Gasteiger partial charge in [-0.15, -0.1) is 12.4 Å². The molecular weight excluding hydrogens is 400 g/mol. The fraction of sp³-hybridized carbons (Fsp3) is 0.562. The van der Waals surface area contributed by atoms with Crippen molar-refractivity contribution in [3.05, 3.63) is 22.2 Å². The first kappa shape index (κ1) is 21.0. The summed E-state index contributed by atoms with van der Waals surface area (Å²) in [6.07, 6.45) is 1.32. The highest BCUT2D eigenvalue weighted by Gasteiger charge is 2.38. The Balaban J connectivity index is 0.00000288. The van der Waals surface area contributed by atoms with Crippen molar-refractivity contribution >= 4 is 34.2 Å². The molecule has 24 heavy (non-hydrogen) atoms. The third-order valence-electron chi connectivity index (χ3n) is 4.27. The summed E-state index contributed by atoms with van der Waals surface area (Å²) in [6, 6.07) is 3.75. The van der Waals surface area contributed by atoms with E-state index < -0.39 is 5.41 Å². The van der Waals surface area contributed by atoms with E-state index in [1.807, 2.05) is 12.1 Å². The van der Waals surface area contributed by atoms with Crippen LogP contribution in [-0.4, -0.2) is 39.9 Å². The maximum atomic E-state index is 12.6. The predicted octanol–water partition coefficient (Wildman–Crippen LogP) is 2.26. The van der Waals surface area contributed by atoms with Crippen LogP contribution in [0.3, 0.4) is 0 Å². The van der Waals surface area contributed by atoms with Gasteiger partial charge < -0.3 is 25.3 Å². The van der Waals surface area contributed by atoms with Gasteiger partial charge in [0.2, 0.25) is 5.91 Å². The molecule has 3 N–H and O–H groups in total. The third-order valence-corrected chi connectivity index (χ3v) is 4.86. The van der Waals surface area contributed by atoms with Gasteiger partial charge in [0.15, 0.2) is 11.5 Å². The zero-order valence-corrected chi connectivity index (χ0v) is 16.3. The molecule has 1 aromatic rings. The lowest BCUT2D eigenvalue weighted by molar-refractivity contribution is -0.136. The van der Waals surface area contributed by atoms with Gasteiger partial charge in [0, 0.05) is 26.3 Å². The Kier molecular flexibility index (Phi) is 8.29. The Hall–Kier alpha value is -1.02. The molecule has 0 atom stereocenters. The summed E-state index contributed by atoms with van der Waals surface area (Å²) >= 11 is 3.45. The highest BCUT2D eigenvalue weighted by molar-refractivity contribution is 9.10. The molecule has 0 saturated carbocycles. The smallest absolute Gasteiger partial charge is 0.227 e. The van der Waals surface area contributed by atoms with Crippen molar-refractivity contribution in [2.75, 3.05) is 34.0 Å². The van der Waals surface area contributed by atoms with E-state index in [4.69, 9.17) is 19.9 Å². The number of ether oxygens (including phenoxy) is 3. The van der Waals surface area contributed by atoms with Crippen LogP contribution in [0.5, 0.6) is 11.5 Å². The molecule has 0 radical (unpaired) electrons. The van der Waals surface area contributed by atoms with E-state index >= 15 is 0 Å².